The molecule has 2 saturated heterocycles. The molecule has 3 amide bonds. The Morgan fingerprint density at radius 1 is 0.848 bits per heavy atom. The van der Waals surface area contributed by atoms with E-state index in [0.29, 0.717) is 31.0 Å². The Balaban J connectivity index is 1.15. The summed E-state index contributed by atoms with van der Waals surface area (Å²) in [7, 11) is 0. The molecule has 170 valence electrons. The van der Waals surface area contributed by atoms with Gasteiger partial charge >= 0.3 is 12.1 Å². The zero-order chi connectivity index (χ0) is 22.9. The summed E-state index contributed by atoms with van der Waals surface area (Å²) in [6, 6.07) is 16.3. The number of ether oxygens (including phenoxy) is 1. The van der Waals surface area contributed by atoms with Crippen LogP contribution >= 0.6 is 0 Å². The molecule has 0 saturated carbocycles. The van der Waals surface area contributed by atoms with E-state index in [9.17, 15) is 19.2 Å². The number of likely N-dealkylation sites (tertiary alicyclic amines) is 1. The summed E-state index contributed by atoms with van der Waals surface area (Å²) in [4.78, 5) is 54.9. The predicted molar refractivity (Wildman–Crippen MR) is 117 cm³/mol. The van der Waals surface area contributed by atoms with E-state index in [1.165, 1.54) is 11.1 Å². The SMILES string of the molecule is O=C(ON1C(=O)CCC1=O)C1CCN(C(=O)OCC2c3ccccc3-c3ccccc32)CC1. The molecular weight excluding hydrogens is 424 g/mol. The molecular formula is C25H24N2O6. The molecule has 0 unspecified atom stereocenters. The quantitative estimate of drug-likeness (QED) is 0.667. The van der Waals surface area contributed by atoms with Crippen LogP contribution in [0.4, 0.5) is 4.79 Å². The van der Waals surface area contributed by atoms with Crippen LogP contribution in [-0.4, -0.2) is 53.5 Å². The van der Waals surface area contributed by atoms with Crippen molar-refractivity contribution >= 4 is 23.9 Å². The fraction of sp³-hybridized carbons (Fsp3) is 0.360. The van der Waals surface area contributed by atoms with Crippen molar-refractivity contribution in [3.8, 4) is 11.1 Å². The summed E-state index contributed by atoms with van der Waals surface area (Å²) in [5.41, 5.74) is 4.64. The molecule has 8 nitrogen and oxygen atoms in total. The average Bonchev–Trinajstić information content (AvgIpc) is 3.34. The second kappa shape index (κ2) is 8.69. The van der Waals surface area contributed by atoms with Crippen LogP contribution in [0.25, 0.3) is 11.1 Å². The maximum absolute atomic E-state index is 12.7. The highest BCUT2D eigenvalue weighted by molar-refractivity contribution is 6.01. The molecule has 0 spiro atoms. The molecule has 0 atom stereocenters. The van der Waals surface area contributed by atoms with E-state index in [0.717, 1.165) is 11.1 Å². The molecule has 2 aromatic rings. The van der Waals surface area contributed by atoms with Gasteiger partial charge in [-0.3, -0.25) is 9.59 Å². The Hall–Kier alpha value is -3.68. The van der Waals surface area contributed by atoms with Crippen LogP contribution in [0, 0.1) is 5.92 Å². The Kier molecular flexibility index (Phi) is 5.58. The molecule has 0 aromatic heterocycles. The lowest BCUT2D eigenvalue weighted by atomic mass is 9.97. The fourth-order valence-electron chi connectivity index (χ4n) is 4.81. The predicted octanol–water partition coefficient (Wildman–Crippen LogP) is 3.25. The molecule has 0 bridgehead atoms. The second-order valence-electron chi connectivity index (χ2n) is 8.56. The van der Waals surface area contributed by atoms with E-state index < -0.39 is 29.8 Å². The van der Waals surface area contributed by atoms with E-state index in [4.69, 9.17) is 9.57 Å². The maximum Gasteiger partial charge on any atom is 0.409 e. The number of hydroxylamine groups is 2. The number of nitrogens with zero attached hydrogens (tertiary/aromatic N) is 2. The monoisotopic (exact) mass is 448 g/mol. The first-order chi connectivity index (χ1) is 16.0. The smallest absolute Gasteiger partial charge is 0.409 e. The first kappa shape index (κ1) is 21.2. The number of imide groups is 1. The van der Waals surface area contributed by atoms with Gasteiger partial charge in [0.1, 0.15) is 6.61 Å². The first-order valence-electron chi connectivity index (χ1n) is 11.2. The molecule has 33 heavy (non-hydrogen) atoms. The molecule has 2 fully saturated rings. The number of carbonyl (C=O) groups excluding carboxylic acids is 4. The third kappa shape index (κ3) is 3.97. The van der Waals surface area contributed by atoms with Gasteiger partial charge in [-0.05, 0) is 35.1 Å². The Bertz CT molecular complexity index is 1060. The molecule has 2 heterocycles. The minimum atomic E-state index is -0.606. The average molecular weight is 448 g/mol. The van der Waals surface area contributed by atoms with Gasteiger partial charge in [0, 0.05) is 31.8 Å². The fourth-order valence-corrected chi connectivity index (χ4v) is 4.81. The van der Waals surface area contributed by atoms with Gasteiger partial charge in [-0.2, -0.15) is 0 Å². The zero-order valence-electron chi connectivity index (χ0n) is 18.1. The van der Waals surface area contributed by atoms with Crippen molar-refractivity contribution in [2.24, 2.45) is 5.92 Å². The number of benzene rings is 2. The summed E-state index contributed by atoms with van der Waals surface area (Å²) in [5, 5.41) is 0.570. The Labute approximate surface area is 191 Å². The molecule has 5 rings (SSSR count). The van der Waals surface area contributed by atoms with Gasteiger partial charge in [0.2, 0.25) is 0 Å². The number of carbonyl (C=O) groups is 4. The Morgan fingerprint density at radius 3 is 1.97 bits per heavy atom. The van der Waals surface area contributed by atoms with Crippen molar-refractivity contribution in [1.29, 1.82) is 0 Å². The van der Waals surface area contributed by atoms with Gasteiger partial charge in [-0.1, -0.05) is 48.5 Å². The zero-order valence-corrected chi connectivity index (χ0v) is 18.1. The third-order valence-corrected chi connectivity index (χ3v) is 6.61. The van der Waals surface area contributed by atoms with Crippen LogP contribution in [0.2, 0.25) is 0 Å². The van der Waals surface area contributed by atoms with E-state index in [1.807, 2.05) is 24.3 Å². The van der Waals surface area contributed by atoms with Crippen LogP contribution in [-0.2, 0) is 24.0 Å². The first-order valence-corrected chi connectivity index (χ1v) is 11.2. The number of amides is 3. The van der Waals surface area contributed by atoms with Crippen molar-refractivity contribution in [3.63, 3.8) is 0 Å². The second-order valence-corrected chi connectivity index (χ2v) is 8.56. The highest BCUT2D eigenvalue weighted by atomic mass is 16.7. The van der Waals surface area contributed by atoms with Crippen molar-refractivity contribution in [2.75, 3.05) is 19.7 Å². The molecule has 0 radical (unpaired) electrons. The van der Waals surface area contributed by atoms with E-state index in [2.05, 4.69) is 24.3 Å². The van der Waals surface area contributed by atoms with Gasteiger partial charge in [-0.15, -0.1) is 5.06 Å². The lowest BCUT2D eigenvalue weighted by molar-refractivity contribution is -0.201. The summed E-state index contributed by atoms with van der Waals surface area (Å²) < 4.78 is 5.68. The van der Waals surface area contributed by atoms with Crippen LogP contribution in [0.3, 0.4) is 0 Å². The maximum atomic E-state index is 12.7. The number of piperidine rings is 1. The van der Waals surface area contributed by atoms with E-state index in [-0.39, 0.29) is 25.4 Å². The number of hydrogen-bond donors (Lipinski definition) is 0. The lowest BCUT2D eigenvalue weighted by Gasteiger charge is -2.30. The largest absolute Gasteiger partial charge is 0.448 e. The van der Waals surface area contributed by atoms with E-state index >= 15 is 0 Å². The highest BCUT2D eigenvalue weighted by Gasteiger charge is 2.37. The van der Waals surface area contributed by atoms with Crippen molar-refractivity contribution in [1.82, 2.24) is 9.96 Å². The number of rotatable bonds is 4. The van der Waals surface area contributed by atoms with Crippen LogP contribution in [0.15, 0.2) is 48.5 Å². The molecule has 8 heteroatoms. The minimum Gasteiger partial charge on any atom is -0.448 e. The van der Waals surface area contributed by atoms with Gasteiger partial charge in [0.05, 0.1) is 5.92 Å². The molecule has 2 aromatic carbocycles. The van der Waals surface area contributed by atoms with Crippen molar-refractivity contribution in [2.45, 2.75) is 31.6 Å². The topological polar surface area (TPSA) is 93.2 Å². The summed E-state index contributed by atoms with van der Waals surface area (Å²) in [5.74, 6) is -2.08. The van der Waals surface area contributed by atoms with Crippen LogP contribution in [0.1, 0.15) is 42.7 Å². The van der Waals surface area contributed by atoms with Gasteiger partial charge in [0.25, 0.3) is 11.8 Å². The van der Waals surface area contributed by atoms with Crippen molar-refractivity contribution < 1.29 is 28.8 Å². The number of fused-ring (bicyclic) bond motifs is 3. The molecule has 2 aliphatic heterocycles. The van der Waals surface area contributed by atoms with Crippen LogP contribution < -0.4 is 0 Å². The van der Waals surface area contributed by atoms with Crippen LogP contribution in [0.5, 0.6) is 0 Å². The van der Waals surface area contributed by atoms with Gasteiger partial charge in [-0.25, -0.2) is 9.59 Å². The van der Waals surface area contributed by atoms with Gasteiger partial charge in [0.15, 0.2) is 0 Å². The lowest BCUT2D eigenvalue weighted by Crippen LogP contribution is -2.43. The third-order valence-electron chi connectivity index (χ3n) is 6.61. The molecule has 1 aliphatic carbocycles. The molecule has 3 aliphatic rings. The van der Waals surface area contributed by atoms with E-state index in [1.54, 1.807) is 4.90 Å². The minimum absolute atomic E-state index is 0.00981. The van der Waals surface area contributed by atoms with Crippen molar-refractivity contribution in [3.05, 3.63) is 59.7 Å². The summed E-state index contributed by atoms with van der Waals surface area (Å²) in [6.07, 6.45) is 0.491. The summed E-state index contributed by atoms with van der Waals surface area (Å²) >= 11 is 0. The molecule has 0 N–H and O–H groups in total. The normalized spacial score (nSPS) is 18.3. The number of hydrogen-bond acceptors (Lipinski definition) is 6. The standard InChI is InChI=1S/C25H24N2O6/c28-22-9-10-23(29)27(22)33-24(30)16-11-13-26(14-12-16)25(31)32-15-21-19-7-3-1-5-17(19)18-6-2-4-8-20(18)21/h1-8,16,21H,9-15H2. The van der Waals surface area contributed by atoms with Gasteiger partial charge < -0.3 is 14.5 Å². The summed E-state index contributed by atoms with van der Waals surface area (Å²) in [6.45, 7) is 0.935. The highest BCUT2D eigenvalue weighted by Crippen LogP contribution is 2.44. The Morgan fingerprint density at radius 2 is 1.39 bits per heavy atom.